The molecule has 0 amide bonds. The molecule has 2 heterocycles. The van der Waals surface area contributed by atoms with Gasteiger partial charge in [-0.05, 0) is 44.8 Å². The number of hydrogen-bond acceptors (Lipinski definition) is 2. The number of benzene rings is 1. The standard InChI is InChI=1S/C19H20N2O/c1-13(2)14-8-9-15-17(11-14)21-10-6-5-7-16(21)19(15)18(22)12-20(3)4/h5-11H,1,12H2,2-4H3. The van der Waals surface area contributed by atoms with E-state index in [0.717, 1.165) is 33.1 Å². The second-order valence-corrected chi connectivity index (χ2v) is 6.00. The minimum atomic E-state index is 0.145. The lowest BCUT2D eigenvalue weighted by atomic mass is 10.0. The average Bonchev–Trinajstić information content (AvgIpc) is 2.80. The lowest BCUT2D eigenvalue weighted by molar-refractivity contribution is 0.0961. The highest BCUT2D eigenvalue weighted by molar-refractivity contribution is 6.15. The van der Waals surface area contributed by atoms with Crippen LogP contribution < -0.4 is 0 Å². The van der Waals surface area contributed by atoms with Gasteiger partial charge in [0, 0.05) is 11.6 Å². The molecule has 0 atom stereocenters. The van der Waals surface area contributed by atoms with Gasteiger partial charge >= 0.3 is 0 Å². The molecule has 0 aliphatic carbocycles. The normalized spacial score (nSPS) is 11.5. The fraction of sp³-hybridized carbons (Fsp3) is 0.211. The number of pyridine rings is 1. The zero-order chi connectivity index (χ0) is 15.9. The molecule has 22 heavy (non-hydrogen) atoms. The first kappa shape index (κ1) is 14.5. The number of fused-ring (bicyclic) bond motifs is 3. The number of Topliss-reactive ketones (excluding diaryl/α,β-unsaturated/α-hetero) is 1. The van der Waals surface area contributed by atoms with Crippen LogP contribution in [-0.2, 0) is 0 Å². The van der Waals surface area contributed by atoms with Crippen molar-refractivity contribution in [3.8, 4) is 0 Å². The molecule has 0 fully saturated rings. The highest BCUT2D eigenvalue weighted by Crippen LogP contribution is 2.29. The van der Waals surface area contributed by atoms with E-state index in [-0.39, 0.29) is 5.78 Å². The Hall–Kier alpha value is -2.39. The van der Waals surface area contributed by atoms with E-state index in [1.165, 1.54) is 0 Å². The number of nitrogens with zero attached hydrogens (tertiary/aromatic N) is 2. The molecule has 3 rings (SSSR count). The van der Waals surface area contributed by atoms with Crippen molar-refractivity contribution in [2.75, 3.05) is 20.6 Å². The summed E-state index contributed by atoms with van der Waals surface area (Å²) in [5.41, 5.74) is 4.94. The predicted molar refractivity (Wildman–Crippen MR) is 92.5 cm³/mol. The Balaban J connectivity index is 2.34. The first-order chi connectivity index (χ1) is 10.5. The van der Waals surface area contributed by atoms with Crippen molar-refractivity contribution >= 4 is 27.8 Å². The largest absolute Gasteiger partial charge is 0.316 e. The zero-order valence-corrected chi connectivity index (χ0v) is 13.3. The van der Waals surface area contributed by atoms with Crippen LogP contribution in [0.5, 0.6) is 0 Å². The highest BCUT2D eigenvalue weighted by atomic mass is 16.1. The first-order valence-corrected chi connectivity index (χ1v) is 7.35. The van der Waals surface area contributed by atoms with Gasteiger partial charge in [-0.25, -0.2) is 0 Å². The van der Waals surface area contributed by atoms with Crippen molar-refractivity contribution in [3.63, 3.8) is 0 Å². The van der Waals surface area contributed by atoms with Gasteiger partial charge in [0.15, 0.2) is 5.78 Å². The number of hydrogen-bond donors (Lipinski definition) is 0. The Bertz CT molecular complexity index is 887. The summed E-state index contributed by atoms with van der Waals surface area (Å²) in [6.45, 7) is 6.41. The topological polar surface area (TPSA) is 24.7 Å². The molecule has 0 unspecified atom stereocenters. The molecular weight excluding hydrogens is 272 g/mol. The number of carbonyl (C=O) groups is 1. The van der Waals surface area contributed by atoms with Crippen LogP contribution >= 0.6 is 0 Å². The molecule has 112 valence electrons. The lowest BCUT2D eigenvalue weighted by Gasteiger charge is -2.08. The van der Waals surface area contributed by atoms with E-state index < -0.39 is 0 Å². The van der Waals surface area contributed by atoms with E-state index in [0.29, 0.717) is 6.54 Å². The third-order valence-electron chi connectivity index (χ3n) is 3.87. The molecule has 0 spiro atoms. The van der Waals surface area contributed by atoms with Crippen molar-refractivity contribution < 1.29 is 4.79 Å². The molecule has 0 radical (unpaired) electrons. The SMILES string of the molecule is C=C(C)c1ccc2c(C(=O)CN(C)C)c3ccccn3c2c1. The van der Waals surface area contributed by atoms with Crippen LogP contribution in [0.2, 0.25) is 0 Å². The Morgan fingerprint density at radius 2 is 1.95 bits per heavy atom. The summed E-state index contributed by atoms with van der Waals surface area (Å²) in [5, 5.41) is 1.00. The molecule has 3 nitrogen and oxygen atoms in total. The molecule has 0 saturated carbocycles. The molecule has 0 aliphatic rings. The second-order valence-electron chi connectivity index (χ2n) is 6.00. The van der Waals surface area contributed by atoms with Gasteiger partial charge in [-0.2, -0.15) is 0 Å². The van der Waals surface area contributed by atoms with E-state index in [4.69, 9.17) is 0 Å². The van der Waals surface area contributed by atoms with Crippen LogP contribution in [0, 0.1) is 0 Å². The number of allylic oxidation sites excluding steroid dienone is 1. The third kappa shape index (κ3) is 2.34. The van der Waals surface area contributed by atoms with E-state index in [2.05, 4.69) is 17.0 Å². The second kappa shape index (κ2) is 5.43. The van der Waals surface area contributed by atoms with Crippen molar-refractivity contribution in [2.24, 2.45) is 0 Å². The zero-order valence-electron chi connectivity index (χ0n) is 13.3. The molecular formula is C19H20N2O. The van der Waals surface area contributed by atoms with Crippen molar-refractivity contribution in [1.82, 2.24) is 9.30 Å². The van der Waals surface area contributed by atoms with Crippen molar-refractivity contribution in [1.29, 1.82) is 0 Å². The number of rotatable bonds is 4. The van der Waals surface area contributed by atoms with E-state index in [9.17, 15) is 4.79 Å². The van der Waals surface area contributed by atoms with Crippen LogP contribution in [0.15, 0.2) is 49.2 Å². The maximum absolute atomic E-state index is 12.7. The predicted octanol–water partition coefficient (Wildman–Crippen LogP) is 3.87. The fourth-order valence-electron chi connectivity index (χ4n) is 2.86. The molecule has 3 heteroatoms. The minimum absolute atomic E-state index is 0.145. The average molecular weight is 292 g/mol. The van der Waals surface area contributed by atoms with Crippen LogP contribution in [0.1, 0.15) is 22.8 Å². The van der Waals surface area contributed by atoms with E-state index in [1.807, 2.05) is 62.4 Å². The molecule has 0 bridgehead atoms. The summed E-state index contributed by atoms with van der Waals surface area (Å²) in [5.74, 6) is 0.145. The van der Waals surface area contributed by atoms with Gasteiger partial charge in [0.1, 0.15) is 0 Å². The quantitative estimate of drug-likeness (QED) is 0.682. The molecule has 3 aromatic rings. The maximum atomic E-state index is 12.7. The Morgan fingerprint density at radius 3 is 2.64 bits per heavy atom. The van der Waals surface area contributed by atoms with Crippen molar-refractivity contribution in [2.45, 2.75) is 6.92 Å². The lowest BCUT2D eigenvalue weighted by Crippen LogP contribution is -2.21. The van der Waals surface area contributed by atoms with E-state index >= 15 is 0 Å². The maximum Gasteiger partial charge on any atom is 0.179 e. The van der Waals surface area contributed by atoms with Crippen LogP contribution in [0.25, 0.3) is 22.0 Å². The summed E-state index contributed by atoms with van der Waals surface area (Å²) in [6.07, 6.45) is 2.01. The monoisotopic (exact) mass is 292 g/mol. The minimum Gasteiger partial charge on any atom is -0.316 e. The summed E-state index contributed by atoms with van der Waals surface area (Å²) in [7, 11) is 3.83. The highest BCUT2D eigenvalue weighted by Gasteiger charge is 2.18. The van der Waals surface area contributed by atoms with Crippen LogP contribution in [-0.4, -0.2) is 35.7 Å². The number of ketones is 1. The molecule has 2 aromatic heterocycles. The van der Waals surface area contributed by atoms with Crippen molar-refractivity contribution in [3.05, 3.63) is 60.3 Å². The first-order valence-electron chi connectivity index (χ1n) is 7.35. The van der Waals surface area contributed by atoms with Gasteiger partial charge in [0.2, 0.25) is 0 Å². The Morgan fingerprint density at radius 1 is 1.18 bits per heavy atom. The van der Waals surface area contributed by atoms with E-state index in [1.54, 1.807) is 0 Å². The fourth-order valence-corrected chi connectivity index (χ4v) is 2.86. The summed E-state index contributed by atoms with van der Waals surface area (Å²) >= 11 is 0. The van der Waals surface area contributed by atoms with Gasteiger partial charge in [0.25, 0.3) is 0 Å². The Kier molecular flexibility index (Phi) is 3.59. The summed E-state index contributed by atoms with van der Waals surface area (Å²) < 4.78 is 2.09. The molecule has 0 aliphatic heterocycles. The summed E-state index contributed by atoms with van der Waals surface area (Å²) in [6, 6.07) is 12.1. The number of likely N-dealkylation sites (N-methyl/N-ethyl adjacent to an activating group) is 1. The van der Waals surface area contributed by atoms with Gasteiger partial charge in [-0.3, -0.25) is 4.79 Å². The third-order valence-corrected chi connectivity index (χ3v) is 3.87. The molecule has 1 aromatic carbocycles. The van der Waals surface area contributed by atoms with Crippen LogP contribution in [0.4, 0.5) is 0 Å². The van der Waals surface area contributed by atoms with Gasteiger partial charge in [-0.15, -0.1) is 0 Å². The van der Waals surface area contributed by atoms with Gasteiger partial charge < -0.3 is 9.30 Å². The Labute approximate surface area is 130 Å². The smallest absolute Gasteiger partial charge is 0.179 e. The number of carbonyl (C=O) groups excluding carboxylic acids is 1. The van der Waals surface area contributed by atoms with Crippen LogP contribution in [0.3, 0.4) is 0 Å². The molecule has 0 N–H and O–H groups in total. The van der Waals surface area contributed by atoms with Gasteiger partial charge in [-0.1, -0.05) is 30.4 Å². The van der Waals surface area contributed by atoms with Gasteiger partial charge in [0.05, 0.1) is 23.1 Å². The molecule has 0 saturated heterocycles. The summed E-state index contributed by atoms with van der Waals surface area (Å²) in [4.78, 5) is 14.6. The number of aromatic nitrogens is 1.